The van der Waals surface area contributed by atoms with Gasteiger partial charge in [-0.25, -0.2) is 0 Å². The molecule has 0 heterocycles. The van der Waals surface area contributed by atoms with Crippen LogP contribution >= 0.6 is 31.9 Å². The van der Waals surface area contributed by atoms with E-state index in [9.17, 15) is 0 Å². The molecule has 2 aromatic rings. The lowest BCUT2D eigenvalue weighted by molar-refractivity contribution is 0.400. The highest BCUT2D eigenvalue weighted by molar-refractivity contribution is 9.08. The second-order valence-corrected chi connectivity index (χ2v) is 9.85. The maximum Gasteiger partial charge on any atom is 0.0283 e. The molecule has 0 fully saturated rings. The molecule has 1 aliphatic rings. The predicted octanol–water partition coefficient (Wildman–Crippen LogP) is 9.68. The second-order valence-electron chi connectivity index (χ2n) is 8.73. The summed E-state index contributed by atoms with van der Waals surface area (Å²) < 4.78 is 0. The zero-order valence-electron chi connectivity index (χ0n) is 18.2. The molecule has 0 amide bonds. The van der Waals surface area contributed by atoms with Gasteiger partial charge in [0.15, 0.2) is 0 Å². The molecule has 1 aliphatic carbocycles. The van der Waals surface area contributed by atoms with Gasteiger partial charge in [-0.2, -0.15) is 0 Å². The van der Waals surface area contributed by atoms with E-state index in [0.717, 1.165) is 10.7 Å². The lowest BCUT2D eigenvalue weighted by Gasteiger charge is -2.33. The minimum absolute atomic E-state index is 0.197. The summed E-state index contributed by atoms with van der Waals surface area (Å²) in [4.78, 5) is 0. The van der Waals surface area contributed by atoms with Crippen LogP contribution in [0.3, 0.4) is 0 Å². The summed E-state index contributed by atoms with van der Waals surface area (Å²) in [5.41, 5.74) is 9.18. The van der Waals surface area contributed by atoms with Crippen LogP contribution in [0.4, 0.5) is 0 Å². The van der Waals surface area contributed by atoms with Crippen LogP contribution in [0.25, 0.3) is 11.1 Å². The van der Waals surface area contributed by atoms with E-state index in [-0.39, 0.29) is 5.41 Å². The molecule has 0 N–H and O–H groups in total. The number of fused-ring (bicyclic) bond motifs is 3. The van der Waals surface area contributed by atoms with Crippen molar-refractivity contribution in [3.05, 3.63) is 58.7 Å². The molecule has 2 aromatic carbocycles. The zero-order valence-corrected chi connectivity index (χ0v) is 21.4. The third kappa shape index (κ3) is 5.01. The van der Waals surface area contributed by atoms with E-state index >= 15 is 0 Å². The molecule has 0 saturated carbocycles. The maximum atomic E-state index is 3.70. The third-order valence-corrected chi connectivity index (χ3v) is 8.01. The van der Waals surface area contributed by atoms with Gasteiger partial charge in [-0.1, -0.05) is 133 Å². The van der Waals surface area contributed by atoms with Crippen molar-refractivity contribution in [2.45, 2.75) is 94.1 Å². The summed E-state index contributed by atoms with van der Waals surface area (Å²) in [5, 5.41) is 1.87. The summed E-state index contributed by atoms with van der Waals surface area (Å²) in [6.07, 6.45) is 13.3. The summed E-state index contributed by atoms with van der Waals surface area (Å²) in [7, 11) is 0. The fraction of sp³-hybridized carbons (Fsp3) is 0.556. The Labute approximate surface area is 195 Å². The molecule has 0 aliphatic heterocycles. The largest absolute Gasteiger partial charge is 0.0876 e. The number of alkyl halides is 2. The minimum Gasteiger partial charge on any atom is -0.0876 e. The predicted molar refractivity (Wildman–Crippen MR) is 135 cm³/mol. The SMILES string of the molecule is CCCCCCC1(CCCCCC)c2cc(CBr)ccc2-c2ccc(CBr)cc21. The van der Waals surface area contributed by atoms with Crippen LogP contribution in [-0.4, -0.2) is 0 Å². The first-order valence-electron chi connectivity index (χ1n) is 11.6. The molecule has 2 heteroatoms. The third-order valence-electron chi connectivity index (χ3n) is 6.71. The van der Waals surface area contributed by atoms with Gasteiger partial charge in [0, 0.05) is 16.1 Å². The molecule has 158 valence electrons. The standard InChI is InChI=1S/C27H36Br2/c1-3-5-7-9-15-27(16-10-8-6-4-2)25-17-21(19-28)11-13-23(25)24-14-12-22(20-29)18-26(24)27/h11-14,17-18H,3-10,15-16,19-20H2,1-2H3. The Bertz CT molecular complexity index is 726. The molecule has 0 aromatic heterocycles. The normalized spacial score (nSPS) is 14.1. The van der Waals surface area contributed by atoms with Gasteiger partial charge < -0.3 is 0 Å². The van der Waals surface area contributed by atoms with Crippen molar-refractivity contribution in [1.82, 2.24) is 0 Å². The molecule has 0 atom stereocenters. The van der Waals surface area contributed by atoms with Crippen molar-refractivity contribution in [2.75, 3.05) is 0 Å². The number of unbranched alkanes of at least 4 members (excludes halogenated alkanes) is 6. The van der Waals surface area contributed by atoms with Gasteiger partial charge in [-0.3, -0.25) is 0 Å². The maximum absolute atomic E-state index is 3.70. The molecule has 0 saturated heterocycles. The molecule has 0 unspecified atom stereocenters. The number of hydrogen-bond donors (Lipinski definition) is 0. The van der Waals surface area contributed by atoms with Crippen LogP contribution in [0.1, 0.15) is 100 Å². The highest BCUT2D eigenvalue weighted by Crippen LogP contribution is 2.54. The van der Waals surface area contributed by atoms with Gasteiger partial charge in [0.25, 0.3) is 0 Å². The highest BCUT2D eigenvalue weighted by Gasteiger charge is 2.42. The summed E-state index contributed by atoms with van der Waals surface area (Å²) >= 11 is 7.40. The van der Waals surface area contributed by atoms with Crippen molar-refractivity contribution in [2.24, 2.45) is 0 Å². The molecule has 0 bridgehead atoms. The van der Waals surface area contributed by atoms with Crippen LogP contribution < -0.4 is 0 Å². The van der Waals surface area contributed by atoms with Gasteiger partial charge >= 0.3 is 0 Å². The van der Waals surface area contributed by atoms with E-state index in [0.29, 0.717) is 0 Å². The Balaban J connectivity index is 2.07. The number of halogens is 2. The summed E-state index contributed by atoms with van der Waals surface area (Å²) in [6, 6.07) is 14.4. The lowest BCUT2D eigenvalue weighted by Crippen LogP contribution is -2.26. The quantitative estimate of drug-likeness (QED) is 0.193. The average molecular weight is 520 g/mol. The molecule has 0 spiro atoms. The van der Waals surface area contributed by atoms with Crippen molar-refractivity contribution in [3.8, 4) is 11.1 Å². The topological polar surface area (TPSA) is 0 Å². The van der Waals surface area contributed by atoms with Crippen molar-refractivity contribution in [1.29, 1.82) is 0 Å². The Kier molecular flexibility index (Phi) is 8.86. The fourth-order valence-corrected chi connectivity index (χ4v) is 5.82. The second kappa shape index (κ2) is 11.1. The Morgan fingerprint density at radius 2 is 1.07 bits per heavy atom. The van der Waals surface area contributed by atoms with Crippen molar-refractivity contribution < 1.29 is 0 Å². The number of hydrogen-bond acceptors (Lipinski definition) is 0. The van der Waals surface area contributed by atoms with E-state index in [1.54, 1.807) is 11.1 Å². The Morgan fingerprint density at radius 1 is 0.621 bits per heavy atom. The van der Waals surface area contributed by atoms with Crippen LogP contribution in [0.15, 0.2) is 36.4 Å². The van der Waals surface area contributed by atoms with Crippen LogP contribution in [-0.2, 0) is 16.1 Å². The van der Waals surface area contributed by atoms with E-state index < -0.39 is 0 Å². The van der Waals surface area contributed by atoms with Gasteiger partial charge in [-0.05, 0) is 46.2 Å². The van der Waals surface area contributed by atoms with Gasteiger partial charge in [0.1, 0.15) is 0 Å². The first-order chi connectivity index (χ1) is 14.2. The van der Waals surface area contributed by atoms with Crippen LogP contribution in [0.2, 0.25) is 0 Å². The first kappa shape index (κ1) is 23.1. The Hall–Kier alpha value is -0.600. The fourth-order valence-electron chi connectivity index (χ4n) is 5.13. The first-order valence-corrected chi connectivity index (χ1v) is 13.8. The smallest absolute Gasteiger partial charge is 0.0283 e. The average Bonchev–Trinajstić information content (AvgIpc) is 3.03. The highest BCUT2D eigenvalue weighted by atomic mass is 79.9. The number of rotatable bonds is 12. The van der Waals surface area contributed by atoms with Gasteiger partial charge in [0.05, 0.1) is 0 Å². The van der Waals surface area contributed by atoms with Gasteiger partial charge in [-0.15, -0.1) is 0 Å². The molecular formula is C27H36Br2. The molecular weight excluding hydrogens is 484 g/mol. The van der Waals surface area contributed by atoms with E-state index in [4.69, 9.17) is 0 Å². The minimum atomic E-state index is 0.197. The molecule has 3 rings (SSSR count). The van der Waals surface area contributed by atoms with Gasteiger partial charge in [0.2, 0.25) is 0 Å². The van der Waals surface area contributed by atoms with E-state index in [1.165, 1.54) is 86.5 Å². The lowest BCUT2D eigenvalue weighted by atomic mass is 9.70. The summed E-state index contributed by atoms with van der Waals surface area (Å²) in [6.45, 7) is 4.62. The van der Waals surface area contributed by atoms with Crippen molar-refractivity contribution in [3.63, 3.8) is 0 Å². The number of benzene rings is 2. The van der Waals surface area contributed by atoms with E-state index in [1.807, 2.05) is 0 Å². The van der Waals surface area contributed by atoms with Crippen LogP contribution in [0.5, 0.6) is 0 Å². The monoisotopic (exact) mass is 518 g/mol. The zero-order chi connectivity index (χ0) is 20.7. The molecule has 0 nitrogen and oxygen atoms in total. The molecule has 0 radical (unpaired) electrons. The van der Waals surface area contributed by atoms with E-state index in [2.05, 4.69) is 82.1 Å². The molecule has 29 heavy (non-hydrogen) atoms. The van der Waals surface area contributed by atoms with Crippen LogP contribution in [0, 0.1) is 0 Å². The summed E-state index contributed by atoms with van der Waals surface area (Å²) in [5.74, 6) is 0. The Morgan fingerprint density at radius 3 is 1.45 bits per heavy atom. The van der Waals surface area contributed by atoms with Crippen molar-refractivity contribution >= 4 is 31.9 Å².